The fourth-order valence-corrected chi connectivity index (χ4v) is 6.29. The summed E-state index contributed by atoms with van der Waals surface area (Å²) in [7, 11) is 0. The van der Waals surface area contributed by atoms with E-state index < -0.39 is 23.6 Å². The van der Waals surface area contributed by atoms with Crippen molar-refractivity contribution in [3.8, 4) is 17.0 Å². The lowest BCUT2D eigenvalue weighted by atomic mass is 9.97. The molecule has 46 heavy (non-hydrogen) atoms. The van der Waals surface area contributed by atoms with Gasteiger partial charge in [-0.05, 0) is 75.9 Å². The van der Waals surface area contributed by atoms with E-state index in [1.54, 1.807) is 52.0 Å². The molecule has 0 aliphatic carbocycles. The van der Waals surface area contributed by atoms with Crippen LogP contribution in [-0.2, 0) is 22.5 Å². The average Bonchev–Trinajstić information content (AvgIpc) is 3.42. The van der Waals surface area contributed by atoms with Gasteiger partial charge in [-0.15, -0.1) is 0 Å². The Hall–Kier alpha value is -4.48. The van der Waals surface area contributed by atoms with Gasteiger partial charge in [0.2, 0.25) is 0 Å². The third kappa shape index (κ3) is 6.17. The molecule has 2 aromatic carbocycles. The number of carbonyl (C=O) groups excluding carboxylic acids is 1. The van der Waals surface area contributed by atoms with Crippen molar-refractivity contribution in [2.75, 3.05) is 24.6 Å². The maximum atomic E-state index is 14.2. The number of benzene rings is 2. The van der Waals surface area contributed by atoms with Crippen molar-refractivity contribution in [2.45, 2.75) is 58.8 Å². The molecule has 0 spiro atoms. The third-order valence-electron chi connectivity index (χ3n) is 7.97. The van der Waals surface area contributed by atoms with Crippen LogP contribution in [0.1, 0.15) is 66.2 Å². The van der Waals surface area contributed by atoms with E-state index in [1.165, 1.54) is 16.6 Å². The molecule has 4 bridgehead atoms. The third-order valence-corrected chi connectivity index (χ3v) is 8.35. The van der Waals surface area contributed by atoms with Crippen LogP contribution in [0.25, 0.3) is 16.9 Å². The normalized spacial score (nSPS) is 16.7. The van der Waals surface area contributed by atoms with Crippen LogP contribution >= 0.6 is 11.6 Å². The average molecular weight is 648 g/mol. The second-order valence-electron chi connectivity index (χ2n) is 12.4. The van der Waals surface area contributed by atoms with E-state index in [0.29, 0.717) is 71.6 Å². The Kier molecular flexibility index (Phi) is 8.47. The zero-order chi connectivity index (χ0) is 32.7. The minimum atomic E-state index is -1.43. The number of fused-ring (bicyclic) bond motifs is 4. The van der Waals surface area contributed by atoms with Gasteiger partial charge >= 0.3 is 5.97 Å². The minimum Gasteiger partial charge on any atom is -0.490 e. The highest BCUT2D eigenvalue weighted by atomic mass is 35.5. The molecule has 2 aromatic heterocycles. The number of anilines is 1. The molecule has 0 fully saturated rings. The minimum absolute atomic E-state index is 0.0701. The van der Waals surface area contributed by atoms with Crippen LogP contribution in [-0.4, -0.2) is 56.9 Å². The molecular weight excluding hydrogens is 613 g/mol. The van der Waals surface area contributed by atoms with Crippen LogP contribution in [0, 0.1) is 12.7 Å². The van der Waals surface area contributed by atoms with Crippen LogP contribution in [0.5, 0.6) is 5.75 Å². The number of nitrogens with zero attached hydrogens (tertiary/aromatic N) is 4. The van der Waals surface area contributed by atoms with E-state index in [1.807, 2.05) is 12.2 Å². The Morgan fingerprint density at radius 2 is 1.98 bits per heavy atom. The SMILES string of the molecule is Cc1nc2cc3nn2c(c1[C@H](OC(C)(C)C)C(=O)O)-c1ccc2c(c1Cl)N(C/C=C/CCc1cc(F)ccc1CNC3=O)CCO2. The van der Waals surface area contributed by atoms with Gasteiger partial charge in [-0.25, -0.2) is 18.7 Å². The van der Waals surface area contributed by atoms with Gasteiger partial charge in [0.05, 0.1) is 28.5 Å². The first-order chi connectivity index (χ1) is 21.9. The molecule has 240 valence electrons. The van der Waals surface area contributed by atoms with E-state index in [4.69, 9.17) is 21.1 Å². The standard InChI is InChI=1S/C34H35ClFN5O5/c1-19-27(31(33(43)44)46-34(2,3)4)29-23-11-12-25-30(28(23)35)40(14-15-45-25)13-7-5-6-8-20-16-22(36)10-9-21(20)18-37-32(42)24-17-26(38-19)41(29)39-24/h5,7,9-12,16-17,31H,6,8,13-15,18H2,1-4H3,(H,37,42)(H,43,44)/b7-5+/t31-/m0/s1. The maximum absolute atomic E-state index is 14.2. The Morgan fingerprint density at radius 1 is 1.17 bits per heavy atom. The number of carboxylic acids is 1. The number of amides is 1. The smallest absolute Gasteiger partial charge is 0.337 e. The first-order valence-corrected chi connectivity index (χ1v) is 15.5. The number of aliphatic carboxylic acids is 1. The molecule has 0 saturated heterocycles. The van der Waals surface area contributed by atoms with Gasteiger partial charge in [-0.3, -0.25) is 4.79 Å². The number of ether oxygens (including phenoxy) is 2. The summed E-state index contributed by atoms with van der Waals surface area (Å²) in [5.41, 5.74) is 3.31. The maximum Gasteiger partial charge on any atom is 0.337 e. The molecule has 0 saturated carbocycles. The second-order valence-corrected chi connectivity index (χ2v) is 12.8. The summed E-state index contributed by atoms with van der Waals surface area (Å²) in [6.45, 7) is 8.77. The number of nitrogens with one attached hydrogen (secondary N) is 1. The van der Waals surface area contributed by atoms with E-state index >= 15 is 0 Å². The van der Waals surface area contributed by atoms with Crippen molar-refractivity contribution < 1.29 is 28.6 Å². The summed E-state index contributed by atoms with van der Waals surface area (Å²) >= 11 is 7.23. The lowest BCUT2D eigenvalue weighted by molar-refractivity contribution is -0.160. The van der Waals surface area contributed by atoms with E-state index in [0.717, 1.165) is 11.1 Å². The number of allylic oxidation sites excluding steroid dienone is 1. The number of aryl methyl sites for hydroxylation is 2. The van der Waals surface area contributed by atoms with Gasteiger partial charge in [0.1, 0.15) is 18.2 Å². The van der Waals surface area contributed by atoms with Gasteiger partial charge < -0.3 is 24.8 Å². The monoisotopic (exact) mass is 647 g/mol. The number of hydrogen-bond acceptors (Lipinski definition) is 7. The van der Waals surface area contributed by atoms with E-state index in [9.17, 15) is 19.1 Å². The number of carbonyl (C=O) groups is 2. The largest absolute Gasteiger partial charge is 0.490 e. The molecule has 10 nitrogen and oxygen atoms in total. The molecule has 4 aromatic rings. The van der Waals surface area contributed by atoms with Crippen molar-refractivity contribution in [1.82, 2.24) is 19.9 Å². The van der Waals surface area contributed by atoms with Crippen LogP contribution in [0.3, 0.4) is 0 Å². The Balaban J connectivity index is 1.60. The van der Waals surface area contributed by atoms with Gasteiger partial charge in [0.25, 0.3) is 5.91 Å². The molecule has 1 amide bonds. The Labute approximate surface area is 270 Å². The predicted octanol–water partition coefficient (Wildman–Crippen LogP) is 6.07. The lowest BCUT2D eigenvalue weighted by Crippen LogP contribution is -2.33. The van der Waals surface area contributed by atoms with Crippen LogP contribution in [0.2, 0.25) is 5.02 Å². The van der Waals surface area contributed by atoms with Crippen molar-refractivity contribution >= 4 is 34.8 Å². The molecule has 2 aliphatic rings. The van der Waals surface area contributed by atoms with E-state index in [-0.39, 0.29) is 23.6 Å². The second kappa shape index (κ2) is 12.4. The van der Waals surface area contributed by atoms with Crippen molar-refractivity contribution in [1.29, 1.82) is 0 Å². The van der Waals surface area contributed by atoms with Gasteiger partial charge in [-0.2, -0.15) is 5.10 Å². The first-order valence-electron chi connectivity index (χ1n) is 15.1. The highest BCUT2D eigenvalue weighted by molar-refractivity contribution is 6.36. The number of halogens is 2. The first kappa shape index (κ1) is 31.5. The molecule has 0 unspecified atom stereocenters. The number of hydrogen-bond donors (Lipinski definition) is 2. The van der Waals surface area contributed by atoms with Crippen LogP contribution in [0.4, 0.5) is 10.1 Å². The summed E-state index contributed by atoms with van der Waals surface area (Å²) in [4.78, 5) is 33.0. The zero-order valence-corrected chi connectivity index (χ0v) is 26.8. The topological polar surface area (TPSA) is 118 Å². The lowest BCUT2D eigenvalue weighted by Gasteiger charge is -2.32. The van der Waals surface area contributed by atoms with Crippen LogP contribution in [0.15, 0.2) is 48.6 Å². The quantitative estimate of drug-likeness (QED) is 0.257. The molecule has 2 N–H and O–H groups in total. The molecule has 1 atom stereocenters. The molecule has 4 heterocycles. The van der Waals surface area contributed by atoms with Crippen molar-refractivity contribution in [3.05, 3.63) is 87.5 Å². The summed E-state index contributed by atoms with van der Waals surface area (Å²) < 4.78 is 27.7. The highest BCUT2D eigenvalue weighted by Crippen LogP contribution is 2.46. The van der Waals surface area contributed by atoms with Crippen molar-refractivity contribution in [2.24, 2.45) is 0 Å². The molecule has 6 rings (SSSR count). The number of carboxylic acid groups (broad SMARTS) is 1. The highest BCUT2D eigenvalue weighted by Gasteiger charge is 2.35. The molecular formula is C34H35ClFN5O5. The summed E-state index contributed by atoms with van der Waals surface area (Å²) in [6, 6.07) is 9.67. The predicted molar refractivity (Wildman–Crippen MR) is 172 cm³/mol. The van der Waals surface area contributed by atoms with Gasteiger partial charge in [0, 0.05) is 36.0 Å². The van der Waals surface area contributed by atoms with Crippen molar-refractivity contribution in [3.63, 3.8) is 0 Å². The molecule has 0 radical (unpaired) electrons. The fraction of sp³-hybridized carbons (Fsp3) is 0.353. The van der Waals surface area contributed by atoms with Crippen LogP contribution < -0.4 is 15.0 Å². The summed E-state index contributed by atoms with van der Waals surface area (Å²) in [5, 5.41) is 18.3. The number of rotatable bonds is 3. The zero-order valence-electron chi connectivity index (χ0n) is 26.1. The Bertz CT molecular complexity index is 1880. The summed E-state index contributed by atoms with van der Waals surface area (Å²) in [5.74, 6) is -1.42. The number of aromatic nitrogens is 3. The fourth-order valence-electron chi connectivity index (χ4n) is 5.93. The van der Waals surface area contributed by atoms with Gasteiger partial charge in [0.15, 0.2) is 17.4 Å². The molecule has 2 aliphatic heterocycles. The Morgan fingerprint density at radius 3 is 2.74 bits per heavy atom. The summed E-state index contributed by atoms with van der Waals surface area (Å²) in [6.07, 6.45) is 3.92. The molecule has 12 heteroatoms. The van der Waals surface area contributed by atoms with E-state index in [2.05, 4.69) is 20.3 Å². The van der Waals surface area contributed by atoms with Gasteiger partial charge in [-0.1, -0.05) is 29.8 Å².